The molecule has 3 aromatic rings. The lowest BCUT2D eigenvalue weighted by atomic mass is 10.2. The van der Waals surface area contributed by atoms with Gasteiger partial charge in [-0.05, 0) is 50.1 Å². The number of pyridine rings is 1. The molecule has 1 amide bonds. The third kappa shape index (κ3) is 4.32. The molecule has 1 N–H and O–H groups in total. The van der Waals surface area contributed by atoms with Crippen molar-refractivity contribution in [2.24, 2.45) is 4.99 Å². The topological polar surface area (TPSA) is 81.4 Å². The lowest BCUT2D eigenvalue weighted by molar-refractivity contribution is -0.119. The number of amides is 1. The van der Waals surface area contributed by atoms with E-state index < -0.39 is 0 Å². The molecule has 31 heavy (non-hydrogen) atoms. The molecule has 1 aliphatic heterocycles. The molecule has 0 bridgehead atoms. The predicted molar refractivity (Wildman–Crippen MR) is 121 cm³/mol. The number of methoxy groups -OCH3 is 1. The van der Waals surface area contributed by atoms with Gasteiger partial charge in [-0.1, -0.05) is 23.7 Å². The molecule has 4 rings (SSSR count). The molecule has 1 saturated heterocycles. The van der Waals surface area contributed by atoms with Gasteiger partial charge in [-0.2, -0.15) is 0 Å². The van der Waals surface area contributed by atoms with E-state index in [0.717, 1.165) is 23.2 Å². The van der Waals surface area contributed by atoms with Crippen LogP contribution in [0.15, 0.2) is 47.6 Å². The zero-order valence-electron chi connectivity index (χ0n) is 17.7. The molecule has 3 heterocycles. The number of halogens is 1. The molecule has 0 aliphatic carbocycles. The number of fused-ring (bicyclic) bond motifs is 1. The van der Waals surface area contributed by atoms with Crippen molar-refractivity contribution < 1.29 is 9.53 Å². The van der Waals surface area contributed by atoms with E-state index in [1.807, 2.05) is 48.8 Å². The summed E-state index contributed by atoms with van der Waals surface area (Å²) >= 11 is 6.48. The number of hydrogen-bond acceptors (Lipinski definition) is 5. The van der Waals surface area contributed by atoms with Crippen molar-refractivity contribution in [1.82, 2.24) is 19.9 Å². The van der Waals surface area contributed by atoms with Crippen LogP contribution in [-0.4, -0.2) is 33.6 Å². The van der Waals surface area contributed by atoms with E-state index in [-0.39, 0.29) is 11.9 Å². The van der Waals surface area contributed by atoms with E-state index in [4.69, 9.17) is 26.3 Å². The second-order valence-corrected chi connectivity index (χ2v) is 7.82. The number of carbonyl (C=O) groups excluding carboxylic acids is 1. The van der Waals surface area contributed by atoms with Crippen LogP contribution in [0.25, 0.3) is 16.7 Å². The predicted octanol–water partition coefficient (Wildman–Crippen LogP) is 4.03. The van der Waals surface area contributed by atoms with Crippen LogP contribution in [0.1, 0.15) is 32.4 Å². The zero-order valence-corrected chi connectivity index (χ0v) is 18.5. The average molecular weight is 438 g/mol. The van der Waals surface area contributed by atoms with Crippen molar-refractivity contribution in [3.05, 3.63) is 58.8 Å². The number of carbonyl (C=O) groups is 1. The molecule has 8 heteroatoms. The van der Waals surface area contributed by atoms with E-state index >= 15 is 0 Å². The number of benzene rings is 1. The van der Waals surface area contributed by atoms with Gasteiger partial charge in [0.2, 0.25) is 5.91 Å². The number of rotatable bonds is 5. The van der Waals surface area contributed by atoms with Gasteiger partial charge >= 0.3 is 0 Å². The summed E-state index contributed by atoms with van der Waals surface area (Å²) in [4.78, 5) is 26.0. The van der Waals surface area contributed by atoms with E-state index in [9.17, 15) is 4.79 Å². The van der Waals surface area contributed by atoms with Gasteiger partial charge in [-0.3, -0.25) is 9.78 Å². The van der Waals surface area contributed by atoms with Crippen molar-refractivity contribution in [2.45, 2.75) is 39.3 Å². The highest BCUT2D eigenvalue weighted by molar-refractivity contribution is 6.34. The highest BCUT2D eigenvalue weighted by atomic mass is 35.5. The smallest absolute Gasteiger partial charge is 0.220 e. The Morgan fingerprint density at radius 2 is 2.23 bits per heavy atom. The van der Waals surface area contributed by atoms with E-state index in [1.54, 1.807) is 19.4 Å². The lowest BCUT2D eigenvalue weighted by Crippen LogP contribution is -2.34. The summed E-state index contributed by atoms with van der Waals surface area (Å²) in [6.45, 7) is 4.51. The van der Waals surface area contributed by atoms with Crippen molar-refractivity contribution in [3.63, 3.8) is 0 Å². The summed E-state index contributed by atoms with van der Waals surface area (Å²) in [6.07, 6.45) is 5.07. The summed E-state index contributed by atoms with van der Waals surface area (Å²) in [7, 11) is 1.57. The maximum atomic E-state index is 11.8. The normalized spacial score (nSPS) is 17.3. The molecule has 1 aliphatic rings. The molecule has 2 aromatic heterocycles. The first kappa shape index (κ1) is 21.1. The first-order chi connectivity index (χ1) is 15.0. The number of nitrogens with one attached hydrogen (secondary N) is 1. The molecule has 0 radical (unpaired) electrons. The minimum absolute atomic E-state index is 0.00565. The van der Waals surface area contributed by atoms with Gasteiger partial charge in [0.15, 0.2) is 5.65 Å². The lowest BCUT2D eigenvalue weighted by Gasteiger charge is -2.16. The summed E-state index contributed by atoms with van der Waals surface area (Å²) in [5, 5.41) is 3.47. The largest absolute Gasteiger partial charge is 0.495 e. The number of nitrogens with zero attached hydrogens (tertiary/aromatic N) is 4. The quantitative estimate of drug-likeness (QED) is 0.653. The fourth-order valence-electron chi connectivity index (χ4n) is 3.57. The van der Waals surface area contributed by atoms with Gasteiger partial charge in [0, 0.05) is 19.0 Å². The van der Waals surface area contributed by atoms with Crippen LogP contribution in [-0.2, 0) is 11.3 Å². The Bertz CT molecular complexity index is 1250. The summed E-state index contributed by atoms with van der Waals surface area (Å²) in [6, 6.07) is 9.27. The minimum atomic E-state index is 0.00565. The third-order valence-corrected chi connectivity index (χ3v) is 5.81. The van der Waals surface area contributed by atoms with Crippen LogP contribution in [0.3, 0.4) is 0 Å². The van der Waals surface area contributed by atoms with Crippen molar-refractivity contribution in [1.29, 1.82) is 0 Å². The molecule has 1 unspecified atom stereocenters. The fourth-order valence-corrected chi connectivity index (χ4v) is 3.82. The first-order valence-corrected chi connectivity index (χ1v) is 10.5. The number of hydrogen-bond donors (Lipinski definition) is 1. The Kier molecular flexibility index (Phi) is 6.04. The Morgan fingerprint density at radius 1 is 1.39 bits per heavy atom. The molecular weight excluding hydrogens is 414 g/mol. The van der Waals surface area contributed by atoms with E-state index in [0.29, 0.717) is 40.6 Å². The Balaban J connectivity index is 1.93. The fraction of sp³-hybridized carbons (Fsp3) is 0.304. The maximum Gasteiger partial charge on any atom is 0.220 e. The van der Waals surface area contributed by atoms with Crippen LogP contribution < -0.4 is 15.5 Å². The molecule has 160 valence electrons. The second kappa shape index (κ2) is 8.89. The highest BCUT2D eigenvalue weighted by Gasteiger charge is 2.22. The first-order valence-electron chi connectivity index (χ1n) is 10.2. The van der Waals surface area contributed by atoms with E-state index in [1.165, 1.54) is 0 Å². The van der Waals surface area contributed by atoms with Gasteiger partial charge < -0.3 is 14.6 Å². The molecule has 1 fully saturated rings. The Morgan fingerprint density at radius 3 is 2.94 bits per heavy atom. The van der Waals surface area contributed by atoms with Crippen LogP contribution in [0.5, 0.6) is 5.75 Å². The van der Waals surface area contributed by atoms with Gasteiger partial charge in [0.25, 0.3) is 0 Å². The standard InChI is InChI=1S/C23H24ClN5O2/c1-4-14(2)18-12-25-17-9-10-20(27-16-6-5-7-19(31-3)22(16)24)29(23(17)28-18)13-15-8-11-21(30)26-15/h4-7,9-10,12,15H,8,11,13H2,1-3H3,(H,26,30)/b14-4+,27-20?. The molecule has 1 aromatic carbocycles. The van der Waals surface area contributed by atoms with Crippen LogP contribution in [0.4, 0.5) is 5.69 Å². The van der Waals surface area contributed by atoms with E-state index in [2.05, 4.69) is 10.3 Å². The van der Waals surface area contributed by atoms with Gasteiger partial charge in [-0.25, -0.2) is 9.98 Å². The maximum absolute atomic E-state index is 11.8. The zero-order chi connectivity index (χ0) is 22.0. The van der Waals surface area contributed by atoms with Crippen molar-refractivity contribution in [3.8, 4) is 5.75 Å². The summed E-state index contributed by atoms with van der Waals surface area (Å²) in [5.41, 5.74) is 4.57. The second-order valence-electron chi connectivity index (χ2n) is 7.45. The van der Waals surface area contributed by atoms with Gasteiger partial charge in [-0.15, -0.1) is 0 Å². The van der Waals surface area contributed by atoms with Crippen LogP contribution in [0, 0.1) is 0 Å². The van der Waals surface area contributed by atoms with Crippen LogP contribution >= 0.6 is 11.6 Å². The summed E-state index contributed by atoms with van der Waals surface area (Å²) in [5.74, 6) is 0.626. The average Bonchev–Trinajstić information content (AvgIpc) is 3.20. The Hall–Kier alpha value is -3.19. The summed E-state index contributed by atoms with van der Waals surface area (Å²) < 4.78 is 7.32. The molecule has 0 spiro atoms. The number of aromatic nitrogens is 3. The minimum Gasteiger partial charge on any atom is -0.495 e. The molecule has 1 atom stereocenters. The Labute approximate surface area is 185 Å². The molecule has 0 saturated carbocycles. The number of ether oxygens (including phenoxy) is 1. The molecular formula is C23H24ClN5O2. The molecule has 7 nitrogen and oxygen atoms in total. The van der Waals surface area contributed by atoms with Crippen molar-refractivity contribution in [2.75, 3.05) is 7.11 Å². The van der Waals surface area contributed by atoms with Crippen molar-refractivity contribution >= 4 is 39.9 Å². The van der Waals surface area contributed by atoms with Crippen LogP contribution in [0.2, 0.25) is 5.02 Å². The third-order valence-electron chi connectivity index (χ3n) is 5.43. The SMILES string of the molecule is C/C=C(\C)c1cnc2ccc(=Nc3cccc(OC)c3Cl)n(CC3CCC(=O)N3)c2n1. The van der Waals surface area contributed by atoms with Gasteiger partial charge in [0.05, 0.1) is 24.7 Å². The monoisotopic (exact) mass is 437 g/mol. The van der Waals surface area contributed by atoms with Gasteiger partial charge in [0.1, 0.15) is 21.8 Å². The number of allylic oxidation sites excluding steroid dienone is 2. The highest BCUT2D eigenvalue weighted by Crippen LogP contribution is 2.33.